The smallest absolute Gasteiger partial charge is 0.165 e. The lowest BCUT2D eigenvalue weighted by Crippen LogP contribution is -2.12. The third-order valence-electron chi connectivity index (χ3n) is 2.18. The average molecular weight is 206 g/mol. The second-order valence-corrected chi connectivity index (χ2v) is 3.52. The van der Waals surface area contributed by atoms with Crippen LogP contribution in [0, 0.1) is 0 Å². The summed E-state index contributed by atoms with van der Waals surface area (Å²) >= 11 is 0. The summed E-state index contributed by atoms with van der Waals surface area (Å²) < 4.78 is 2.00. The van der Waals surface area contributed by atoms with E-state index in [4.69, 9.17) is 5.73 Å². The minimum absolute atomic E-state index is 0.329. The fourth-order valence-corrected chi connectivity index (χ4v) is 1.46. The van der Waals surface area contributed by atoms with Crippen molar-refractivity contribution in [3.63, 3.8) is 0 Å². The molecule has 15 heavy (non-hydrogen) atoms. The summed E-state index contributed by atoms with van der Waals surface area (Å²) in [4.78, 5) is 12.6. The van der Waals surface area contributed by atoms with Crippen molar-refractivity contribution in [2.24, 2.45) is 5.73 Å². The molecule has 2 aromatic rings. The highest BCUT2D eigenvalue weighted by molar-refractivity contribution is 5.82. The van der Waals surface area contributed by atoms with Crippen molar-refractivity contribution < 1.29 is 0 Å². The quantitative estimate of drug-likeness (QED) is 0.724. The largest absolute Gasteiger partial charge is 0.356 e. The van der Waals surface area contributed by atoms with Crippen molar-refractivity contribution in [2.45, 2.75) is 19.9 Å². The molecule has 80 valence electrons. The summed E-state index contributed by atoms with van der Waals surface area (Å²) in [5.74, 6) is 0.682. The monoisotopic (exact) mass is 206 g/mol. The van der Waals surface area contributed by atoms with Gasteiger partial charge in [0.2, 0.25) is 0 Å². The highest BCUT2D eigenvalue weighted by Gasteiger charge is 2.10. The van der Waals surface area contributed by atoms with Gasteiger partial charge < -0.3 is 15.6 Å². The molecule has 0 aliphatic heterocycles. The van der Waals surface area contributed by atoms with E-state index in [1.165, 1.54) is 6.33 Å². The van der Waals surface area contributed by atoms with Crippen molar-refractivity contribution in [3.8, 4) is 0 Å². The van der Waals surface area contributed by atoms with Gasteiger partial charge in [-0.05, 0) is 13.8 Å². The van der Waals surface area contributed by atoms with Crippen molar-refractivity contribution in [1.29, 1.82) is 0 Å². The molecule has 0 unspecified atom stereocenters. The molecule has 6 nitrogen and oxygen atoms in total. The molecule has 0 atom stereocenters. The number of nitrogens with zero attached hydrogens (tertiary/aromatic N) is 4. The summed E-state index contributed by atoms with van der Waals surface area (Å²) in [6, 6.07) is 0.329. The number of hydrogen-bond donors (Lipinski definition) is 2. The van der Waals surface area contributed by atoms with Crippen LogP contribution in [0.25, 0.3) is 11.2 Å². The topological polar surface area (TPSA) is 81.7 Å². The third-order valence-corrected chi connectivity index (χ3v) is 2.18. The summed E-state index contributed by atoms with van der Waals surface area (Å²) in [6.45, 7) is 4.50. The van der Waals surface area contributed by atoms with Crippen molar-refractivity contribution >= 4 is 17.0 Å². The van der Waals surface area contributed by atoms with E-state index in [1.807, 2.05) is 4.57 Å². The van der Waals surface area contributed by atoms with Gasteiger partial charge in [-0.2, -0.15) is 0 Å². The Bertz CT molecular complexity index is 461. The number of fused-ring (bicyclic) bond motifs is 1. The second kappa shape index (κ2) is 3.82. The molecule has 0 aliphatic carbocycles. The molecule has 0 saturated carbocycles. The second-order valence-electron chi connectivity index (χ2n) is 3.52. The molecule has 0 amide bonds. The van der Waals surface area contributed by atoms with Crippen molar-refractivity contribution in [2.75, 3.05) is 12.0 Å². The maximum absolute atomic E-state index is 5.41. The molecule has 0 fully saturated rings. The highest BCUT2D eigenvalue weighted by Crippen LogP contribution is 2.19. The molecule has 6 heteroatoms. The Labute approximate surface area is 87.5 Å². The van der Waals surface area contributed by atoms with Crippen LogP contribution in [-0.4, -0.2) is 26.2 Å². The number of anilines is 1. The molecule has 2 aromatic heterocycles. The van der Waals surface area contributed by atoms with Gasteiger partial charge in [0, 0.05) is 6.04 Å². The molecular formula is C9H14N6. The molecule has 0 aliphatic rings. The number of rotatable bonds is 3. The Kier molecular flexibility index (Phi) is 2.51. The van der Waals surface area contributed by atoms with Gasteiger partial charge in [-0.3, -0.25) is 0 Å². The maximum atomic E-state index is 5.41. The van der Waals surface area contributed by atoms with Crippen molar-refractivity contribution in [1.82, 2.24) is 19.5 Å². The Balaban J connectivity index is 2.58. The fraction of sp³-hybridized carbons (Fsp3) is 0.444. The van der Waals surface area contributed by atoms with Gasteiger partial charge in [0.05, 0.1) is 13.0 Å². The van der Waals surface area contributed by atoms with Crippen LogP contribution in [0.5, 0.6) is 0 Å². The number of nitrogens with two attached hydrogens (primary N) is 1. The zero-order valence-corrected chi connectivity index (χ0v) is 8.81. The van der Waals surface area contributed by atoms with Crippen LogP contribution in [-0.2, 0) is 0 Å². The molecule has 0 saturated heterocycles. The molecule has 2 rings (SSSR count). The van der Waals surface area contributed by atoms with Crippen LogP contribution in [0.3, 0.4) is 0 Å². The van der Waals surface area contributed by atoms with Crippen LogP contribution in [0.4, 0.5) is 5.82 Å². The number of aromatic nitrogens is 4. The van der Waals surface area contributed by atoms with Crippen LogP contribution in [0.15, 0.2) is 12.7 Å². The molecule has 0 spiro atoms. The molecule has 2 heterocycles. The average Bonchev–Trinajstić information content (AvgIpc) is 2.62. The molecular weight excluding hydrogens is 192 g/mol. The van der Waals surface area contributed by atoms with E-state index in [1.54, 1.807) is 6.33 Å². The highest BCUT2D eigenvalue weighted by atomic mass is 15.2. The lowest BCUT2D eigenvalue weighted by atomic mass is 10.4. The lowest BCUT2D eigenvalue weighted by molar-refractivity contribution is 0.612. The Morgan fingerprint density at radius 1 is 1.40 bits per heavy atom. The van der Waals surface area contributed by atoms with Gasteiger partial charge in [0.15, 0.2) is 11.5 Å². The normalized spacial score (nSPS) is 11.2. The first-order valence-electron chi connectivity index (χ1n) is 4.85. The zero-order valence-electron chi connectivity index (χ0n) is 8.81. The minimum atomic E-state index is 0.329. The Morgan fingerprint density at radius 2 is 2.20 bits per heavy atom. The Morgan fingerprint density at radius 3 is 2.87 bits per heavy atom. The number of nitrogens with one attached hydrogen (secondary N) is 1. The maximum Gasteiger partial charge on any atom is 0.165 e. The predicted molar refractivity (Wildman–Crippen MR) is 58.4 cm³/mol. The summed E-state index contributed by atoms with van der Waals surface area (Å²) in [5.41, 5.74) is 7.00. The van der Waals surface area contributed by atoms with Gasteiger partial charge in [-0.15, -0.1) is 0 Å². The summed E-state index contributed by atoms with van der Waals surface area (Å²) in [7, 11) is 0. The Hall–Kier alpha value is -1.69. The van der Waals surface area contributed by atoms with Crippen LogP contribution < -0.4 is 11.1 Å². The van der Waals surface area contributed by atoms with E-state index >= 15 is 0 Å². The fourth-order valence-electron chi connectivity index (χ4n) is 1.46. The lowest BCUT2D eigenvalue weighted by Gasteiger charge is -2.07. The SMILES string of the molecule is CC(C)n1cnc2c(NCN)ncnc21. The molecule has 0 radical (unpaired) electrons. The van der Waals surface area contributed by atoms with E-state index in [0.29, 0.717) is 18.5 Å². The summed E-state index contributed by atoms with van der Waals surface area (Å²) in [5, 5.41) is 2.95. The zero-order chi connectivity index (χ0) is 10.8. The molecule has 0 aromatic carbocycles. The minimum Gasteiger partial charge on any atom is -0.356 e. The van der Waals surface area contributed by atoms with Crippen LogP contribution in [0.2, 0.25) is 0 Å². The van der Waals surface area contributed by atoms with Gasteiger partial charge >= 0.3 is 0 Å². The van der Waals surface area contributed by atoms with Gasteiger partial charge in [0.1, 0.15) is 11.8 Å². The first-order valence-corrected chi connectivity index (χ1v) is 4.85. The van der Waals surface area contributed by atoms with Crippen LogP contribution in [0.1, 0.15) is 19.9 Å². The first kappa shape index (κ1) is 9.85. The molecule has 3 N–H and O–H groups in total. The number of hydrogen-bond acceptors (Lipinski definition) is 5. The number of imidazole rings is 1. The van der Waals surface area contributed by atoms with E-state index in [9.17, 15) is 0 Å². The summed E-state index contributed by atoms with van der Waals surface area (Å²) in [6.07, 6.45) is 3.28. The standard InChI is InChI=1S/C9H14N6/c1-6(2)15-5-14-7-8(11-3-10)12-4-13-9(7)15/h4-6H,3,10H2,1-2H3,(H,11,12,13). The van der Waals surface area contributed by atoms with Crippen molar-refractivity contribution in [3.05, 3.63) is 12.7 Å². The van der Waals surface area contributed by atoms with Crippen LogP contribution >= 0.6 is 0 Å². The van der Waals surface area contributed by atoms with Gasteiger partial charge in [-0.25, -0.2) is 15.0 Å². The van der Waals surface area contributed by atoms with Gasteiger partial charge in [0.25, 0.3) is 0 Å². The van der Waals surface area contributed by atoms with E-state index in [-0.39, 0.29) is 0 Å². The van der Waals surface area contributed by atoms with Gasteiger partial charge in [-0.1, -0.05) is 0 Å². The van der Waals surface area contributed by atoms with E-state index in [2.05, 4.69) is 34.1 Å². The third kappa shape index (κ3) is 1.63. The molecule has 0 bridgehead atoms. The first-order chi connectivity index (χ1) is 7.24. The predicted octanol–water partition coefficient (Wildman–Crippen LogP) is 0.735. The van der Waals surface area contributed by atoms with E-state index in [0.717, 1.165) is 11.2 Å². The van der Waals surface area contributed by atoms with E-state index < -0.39 is 0 Å².